The molecule has 0 aliphatic heterocycles. The van der Waals surface area contributed by atoms with Crippen LogP contribution in [0.4, 0.5) is 5.69 Å². The molecule has 2 atom stereocenters. The molecule has 1 aromatic rings. The lowest BCUT2D eigenvalue weighted by molar-refractivity contribution is 0.216. The summed E-state index contributed by atoms with van der Waals surface area (Å²) in [6.45, 7) is 5.24. The van der Waals surface area contributed by atoms with Gasteiger partial charge in [-0.2, -0.15) is 0 Å². The van der Waals surface area contributed by atoms with Crippen LogP contribution in [0.3, 0.4) is 0 Å². The summed E-state index contributed by atoms with van der Waals surface area (Å²) in [6.07, 6.45) is 0. The SMILES string of the molecule is Cc1ccc(S(=O)(=O)NC(C)C(C)CO)cc1N. The lowest BCUT2D eigenvalue weighted by Crippen LogP contribution is -2.38. The molecule has 0 aromatic heterocycles. The molecular formula is C12H20N2O3S. The van der Waals surface area contributed by atoms with Crippen molar-refractivity contribution in [2.75, 3.05) is 12.3 Å². The van der Waals surface area contributed by atoms with Gasteiger partial charge in [-0.05, 0) is 37.5 Å². The molecule has 1 rings (SSSR count). The van der Waals surface area contributed by atoms with Crippen molar-refractivity contribution in [3.8, 4) is 0 Å². The van der Waals surface area contributed by atoms with Crippen LogP contribution in [0.25, 0.3) is 0 Å². The summed E-state index contributed by atoms with van der Waals surface area (Å²) in [5.41, 5.74) is 6.99. The molecule has 4 N–H and O–H groups in total. The zero-order valence-electron chi connectivity index (χ0n) is 10.8. The molecule has 5 nitrogen and oxygen atoms in total. The van der Waals surface area contributed by atoms with E-state index in [1.165, 1.54) is 12.1 Å². The molecule has 0 heterocycles. The number of nitrogens with one attached hydrogen (secondary N) is 1. The molecule has 6 heteroatoms. The number of hydrogen-bond acceptors (Lipinski definition) is 4. The normalized spacial score (nSPS) is 15.3. The Balaban J connectivity index is 2.96. The first-order valence-electron chi connectivity index (χ1n) is 5.77. The van der Waals surface area contributed by atoms with Crippen LogP contribution in [0.15, 0.2) is 23.1 Å². The second kappa shape index (κ2) is 5.69. The van der Waals surface area contributed by atoms with Crippen molar-refractivity contribution in [3.05, 3.63) is 23.8 Å². The fourth-order valence-corrected chi connectivity index (χ4v) is 2.76. The topological polar surface area (TPSA) is 92.4 Å². The number of anilines is 1. The first kappa shape index (κ1) is 14.9. The van der Waals surface area contributed by atoms with Gasteiger partial charge in [0.25, 0.3) is 0 Å². The Hall–Kier alpha value is -1.11. The van der Waals surface area contributed by atoms with Gasteiger partial charge in [0.15, 0.2) is 0 Å². The lowest BCUT2D eigenvalue weighted by atomic mass is 10.1. The van der Waals surface area contributed by atoms with Crippen LogP contribution in [-0.2, 0) is 10.0 Å². The Bertz CT molecular complexity index is 514. The molecule has 0 fully saturated rings. The van der Waals surface area contributed by atoms with Gasteiger partial charge in [0, 0.05) is 18.3 Å². The third-order valence-electron chi connectivity index (χ3n) is 3.04. The number of sulfonamides is 1. The number of aliphatic hydroxyl groups excluding tert-OH is 1. The zero-order chi connectivity index (χ0) is 13.9. The molecule has 0 spiro atoms. The van der Waals surface area contributed by atoms with Crippen molar-refractivity contribution in [2.24, 2.45) is 5.92 Å². The third kappa shape index (κ3) is 3.44. The standard InChI is InChI=1S/C12H20N2O3S/c1-8-4-5-11(6-12(8)13)18(16,17)14-10(3)9(2)7-15/h4-6,9-10,14-15H,7,13H2,1-3H3. The second-order valence-electron chi connectivity index (χ2n) is 4.59. The molecule has 0 saturated carbocycles. The molecule has 0 radical (unpaired) electrons. The molecule has 102 valence electrons. The highest BCUT2D eigenvalue weighted by molar-refractivity contribution is 7.89. The maximum absolute atomic E-state index is 12.1. The first-order chi connectivity index (χ1) is 8.27. The van der Waals surface area contributed by atoms with Gasteiger partial charge in [-0.15, -0.1) is 0 Å². The Labute approximate surface area is 108 Å². The Morgan fingerprint density at radius 3 is 2.50 bits per heavy atom. The van der Waals surface area contributed by atoms with Crippen LogP contribution in [0.1, 0.15) is 19.4 Å². The van der Waals surface area contributed by atoms with Crippen molar-refractivity contribution >= 4 is 15.7 Å². The minimum Gasteiger partial charge on any atom is -0.398 e. The van der Waals surface area contributed by atoms with Crippen LogP contribution in [0, 0.1) is 12.8 Å². The number of nitrogens with two attached hydrogens (primary N) is 1. The highest BCUT2D eigenvalue weighted by Gasteiger charge is 2.21. The highest BCUT2D eigenvalue weighted by atomic mass is 32.2. The summed E-state index contributed by atoms with van der Waals surface area (Å²) in [4.78, 5) is 0.141. The lowest BCUT2D eigenvalue weighted by Gasteiger charge is -2.19. The molecule has 18 heavy (non-hydrogen) atoms. The van der Waals surface area contributed by atoms with Gasteiger partial charge in [-0.25, -0.2) is 13.1 Å². The number of benzene rings is 1. The number of rotatable bonds is 5. The fourth-order valence-electron chi connectivity index (χ4n) is 1.37. The highest BCUT2D eigenvalue weighted by Crippen LogP contribution is 2.18. The van der Waals surface area contributed by atoms with E-state index in [9.17, 15) is 8.42 Å². The first-order valence-corrected chi connectivity index (χ1v) is 7.25. The smallest absolute Gasteiger partial charge is 0.240 e. The molecule has 0 aliphatic carbocycles. The summed E-state index contributed by atoms with van der Waals surface area (Å²) in [6, 6.07) is 4.28. The predicted molar refractivity (Wildman–Crippen MR) is 71.6 cm³/mol. The number of aliphatic hydroxyl groups is 1. The predicted octanol–water partition coefficient (Wildman–Crippen LogP) is 0.872. The molecule has 1 aromatic carbocycles. The average molecular weight is 272 g/mol. The largest absolute Gasteiger partial charge is 0.398 e. The van der Waals surface area contributed by atoms with E-state index < -0.39 is 10.0 Å². The van der Waals surface area contributed by atoms with E-state index in [1.807, 2.05) is 6.92 Å². The molecular weight excluding hydrogens is 252 g/mol. The molecule has 0 aliphatic rings. The van der Waals surface area contributed by atoms with Crippen LogP contribution < -0.4 is 10.5 Å². The quantitative estimate of drug-likeness (QED) is 0.694. The molecule has 0 saturated heterocycles. The van der Waals surface area contributed by atoms with Crippen molar-refractivity contribution in [1.29, 1.82) is 0 Å². The number of aryl methyl sites for hydroxylation is 1. The Kier molecular flexibility index (Phi) is 4.72. The summed E-state index contributed by atoms with van der Waals surface area (Å²) in [5.74, 6) is -0.150. The van der Waals surface area contributed by atoms with Crippen molar-refractivity contribution in [3.63, 3.8) is 0 Å². The van der Waals surface area contributed by atoms with Gasteiger partial charge >= 0.3 is 0 Å². The van der Waals surface area contributed by atoms with Gasteiger partial charge in [0.2, 0.25) is 10.0 Å². The fraction of sp³-hybridized carbons (Fsp3) is 0.500. The minimum absolute atomic E-state index is 0.0697. The maximum Gasteiger partial charge on any atom is 0.240 e. The summed E-state index contributed by atoms with van der Waals surface area (Å²) in [5, 5.41) is 9.00. The molecule has 0 amide bonds. The number of nitrogen functional groups attached to an aromatic ring is 1. The Morgan fingerprint density at radius 1 is 1.39 bits per heavy atom. The third-order valence-corrected chi connectivity index (χ3v) is 4.60. The zero-order valence-corrected chi connectivity index (χ0v) is 11.7. The van der Waals surface area contributed by atoms with E-state index in [0.29, 0.717) is 5.69 Å². The van der Waals surface area contributed by atoms with Gasteiger partial charge in [0.1, 0.15) is 0 Å². The van der Waals surface area contributed by atoms with Crippen LogP contribution in [0.5, 0.6) is 0 Å². The monoisotopic (exact) mass is 272 g/mol. The van der Waals surface area contributed by atoms with E-state index in [4.69, 9.17) is 10.8 Å². The van der Waals surface area contributed by atoms with Crippen molar-refractivity contribution in [2.45, 2.75) is 31.7 Å². The molecule has 2 unspecified atom stereocenters. The van der Waals surface area contributed by atoms with Crippen LogP contribution in [-0.4, -0.2) is 26.2 Å². The molecule has 0 bridgehead atoms. The maximum atomic E-state index is 12.1. The van der Waals surface area contributed by atoms with E-state index in [0.717, 1.165) is 5.56 Å². The summed E-state index contributed by atoms with van der Waals surface area (Å²) >= 11 is 0. The van der Waals surface area contributed by atoms with Crippen molar-refractivity contribution in [1.82, 2.24) is 4.72 Å². The number of hydrogen-bond donors (Lipinski definition) is 3. The van der Waals surface area contributed by atoms with E-state index in [-0.39, 0.29) is 23.5 Å². The van der Waals surface area contributed by atoms with Gasteiger partial charge in [0.05, 0.1) is 4.90 Å². The van der Waals surface area contributed by atoms with E-state index >= 15 is 0 Å². The van der Waals surface area contributed by atoms with Crippen LogP contribution in [0.2, 0.25) is 0 Å². The summed E-state index contributed by atoms with van der Waals surface area (Å²) in [7, 11) is -3.59. The minimum atomic E-state index is -3.59. The van der Waals surface area contributed by atoms with Gasteiger partial charge in [-0.3, -0.25) is 0 Å². The van der Waals surface area contributed by atoms with Gasteiger partial charge in [-0.1, -0.05) is 13.0 Å². The summed E-state index contributed by atoms with van der Waals surface area (Å²) < 4.78 is 26.7. The van der Waals surface area contributed by atoms with E-state index in [2.05, 4.69) is 4.72 Å². The Morgan fingerprint density at radius 2 is 2.00 bits per heavy atom. The van der Waals surface area contributed by atoms with Crippen LogP contribution >= 0.6 is 0 Å². The van der Waals surface area contributed by atoms with Crippen molar-refractivity contribution < 1.29 is 13.5 Å². The van der Waals surface area contributed by atoms with Gasteiger partial charge < -0.3 is 10.8 Å². The average Bonchev–Trinajstić information content (AvgIpc) is 2.30. The van der Waals surface area contributed by atoms with E-state index in [1.54, 1.807) is 19.9 Å². The second-order valence-corrected chi connectivity index (χ2v) is 6.30.